The van der Waals surface area contributed by atoms with E-state index < -0.39 is 5.54 Å². The summed E-state index contributed by atoms with van der Waals surface area (Å²) in [6, 6.07) is 8.97. The van der Waals surface area contributed by atoms with E-state index in [-0.39, 0.29) is 18.1 Å². The monoisotopic (exact) mass is 244 g/mol. The molecule has 1 aromatic carbocycles. The molecule has 18 heavy (non-hydrogen) atoms. The highest BCUT2D eigenvalue weighted by Crippen LogP contribution is 2.29. The number of para-hydroxylation sites is 1. The summed E-state index contributed by atoms with van der Waals surface area (Å²) in [4.78, 5) is 11.9. The van der Waals surface area contributed by atoms with Crippen LogP contribution in [0.2, 0.25) is 0 Å². The largest absolute Gasteiger partial charge is 0.508 e. The molecule has 0 aliphatic heterocycles. The van der Waals surface area contributed by atoms with E-state index in [9.17, 15) is 15.2 Å². The van der Waals surface area contributed by atoms with Crippen LogP contribution in [0.4, 0.5) is 0 Å². The van der Waals surface area contributed by atoms with Crippen molar-refractivity contribution in [2.24, 2.45) is 0 Å². The van der Waals surface area contributed by atoms with Crippen LogP contribution in [0.25, 0.3) is 0 Å². The molecule has 4 nitrogen and oxygen atoms in total. The van der Waals surface area contributed by atoms with Crippen LogP contribution in [-0.4, -0.2) is 16.6 Å². The Labute approximate surface area is 106 Å². The highest BCUT2D eigenvalue weighted by Gasteiger charge is 2.35. The number of amides is 1. The molecule has 0 aromatic heterocycles. The number of hydrogen-bond acceptors (Lipinski definition) is 3. The van der Waals surface area contributed by atoms with Gasteiger partial charge in [0, 0.05) is 5.56 Å². The zero-order chi connectivity index (χ0) is 13.0. The minimum Gasteiger partial charge on any atom is -0.508 e. The number of carbonyl (C=O) groups is 1. The second-order valence-corrected chi connectivity index (χ2v) is 4.75. The van der Waals surface area contributed by atoms with E-state index >= 15 is 0 Å². The quantitative estimate of drug-likeness (QED) is 0.852. The topological polar surface area (TPSA) is 73.1 Å². The van der Waals surface area contributed by atoms with E-state index in [1.54, 1.807) is 24.3 Å². The maximum absolute atomic E-state index is 11.9. The Balaban J connectivity index is 2.01. The van der Waals surface area contributed by atoms with Crippen molar-refractivity contribution < 1.29 is 9.90 Å². The normalized spacial score (nSPS) is 17.1. The van der Waals surface area contributed by atoms with E-state index in [1.807, 2.05) is 0 Å². The number of benzene rings is 1. The summed E-state index contributed by atoms with van der Waals surface area (Å²) in [6.07, 6.45) is 3.50. The molecule has 0 spiro atoms. The van der Waals surface area contributed by atoms with Gasteiger partial charge in [-0.15, -0.1) is 0 Å². The van der Waals surface area contributed by atoms with Gasteiger partial charge in [-0.1, -0.05) is 18.2 Å². The van der Waals surface area contributed by atoms with Crippen LogP contribution in [-0.2, 0) is 11.2 Å². The third-order valence-electron chi connectivity index (χ3n) is 3.39. The molecule has 2 rings (SSSR count). The van der Waals surface area contributed by atoms with E-state index in [1.165, 1.54) is 0 Å². The molecule has 4 heteroatoms. The first-order chi connectivity index (χ1) is 8.65. The SMILES string of the molecule is N#CC1(NC(=O)Cc2ccccc2O)CCCC1. The van der Waals surface area contributed by atoms with Crippen molar-refractivity contribution in [2.75, 3.05) is 0 Å². The third kappa shape index (κ3) is 2.62. The first-order valence-corrected chi connectivity index (χ1v) is 6.14. The number of carbonyl (C=O) groups excluding carboxylic acids is 1. The van der Waals surface area contributed by atoms with E-state index in [0.29, 0.717) is 5.56 Å². The van der Waals surface area contributed by atoms with Crippen molar-refractivity contribution in [3.63, 3.8) is 0 Å². The Bertz CT molecular complexity index is 485. The molecule has 0 saturated heterocycles. The number of nitrogens with one attached hydrogen (secondary N) is 1. The minimum atomic E-state index is -0.693. The first kappa shape index (κ1) is 12.4. The molecule has 2 N–H and O–H groups in total. The molecular formula is C14H16N2O2. The van der Waals surface area contributed by atoms with Gasteiger partial charge in [0.2, 0.25) is 5.91 Å². The van der Waals surface area contributed by atoms with E-state index in [2.05, 4.69) is 11.4 Å². The fourth-order valence-electron chi connectivity index (χ4n) is 2.39. The lowest BCUT2D eigenvalue weighted by Gasteiger charge is -2.22. The molecule has 1 aliphatic rings. The molecule has 1 saturated carbocycles. The predicted octanol–water partition coefficient (Wildman–Crippen LogP) is 1.89. The van der Waals surface area contributed by atoms with E-state index in [0.717, 1.165) is 25.7 Å². The third-order valence-corrected chi connectivity index (χ3v) is 3.39. The Kier molecular flexibility index (Phi) is 3.52. The van der Waals surface area contributed by atoms with E-state index in [4.69, 9.17) is 0 Å². The van der Waals surface area contributed by atoms with Gasteiger partial charge >= 0.3 is 0 Å². The fourth-order valence-corrected chi connectivity index (χ4v) is 2.39. The lowest BCUT2D eigenvalue weighted by atomic mass is 9.99. The number of phenols is 1. The number of aromatic hydroxyl groups is 1. The molecule has 1 aliphatic carbocycles. The van der Waals surface area contributed by atoms with Crippen LogP contribution in [0.1, 0.15) is 31.2 Å². The number of rotatable bonds is 3. The maximum atomic E-state index is 11.9. The molecule has 0 bridgehead atoms. The number of hydrogen-bond donors (Lipinski definition) is 2. The van der Waals surface area contributed by atoms with Gasteiger partial charge in [0.15, 0.2) is 0 Å². The van der Waals surface area contributed by atoms with Crippen LogP contribution < -0.4 is 5.32 Å². The summed E-state index contributed by atoms with van der Waals surface area (Å²) in [5, 5.41) is 21.6. The molecule has 0 unspecified atom stereocenters. The van der Waals surface area contributed by atoms with Crippen molar-refractivity contribution >= 4 is 5.91 Å². The second-order valence-electron chi connectivity index (χ2n) is 4.75. The Morgan fingerprint density at radius 1 is 1.39 bits per heavy atom. The summed E-state index contributed by atoms with van der Waals surface area (Å²) in [5.41, 5.74) is -0.109. The number of phenolic OH excluding ortho intramolecular Hbond substituents is 1. The zero-order valence-corrected chi connectivity index (χ0v) is 10.1. The molecule has 94 valence electrons. The molecule has 0 heterocycles. The highest BCUT2D eigenvalue weighted by molar-refractivity contribution is 5.80. The Morgan fingerprint density at radius 3 is 2.67 bits per heavy atom. The van der Waals surface area contributed by atoms with Crippen molar-refractivity contribution in [1.29, 1.82) is 5.26 Å². The van der Waals surface area contributed by atoms with Gasteiger partial charge in [-0.3, -0.25) is 4.79 Å². The number of nitrogens with zero attached hydrogens (tertiary/aromatic N) is 1. The molecule has 1 fully saturated rings. The van der Waals surface area contributed by atoms with Gasteiger partial charge in [-0.05, 0) is 31.7 Å². The fraction of sp³-hybridized carbons (Fsp3) is 0.429. The maximum Gasteiger partial charge on any atom is 0.225 e. The summed E-state index contributed by atoms with van der Waals surface area (Å²) in [6.45, 7) is 0. The number of nitriles is 1. The summed E-state index contributed by atoms with van der Waals surface area (Å²) in [5.74, 6) is -0.0926. The van der Waals surface area contributed by atoms with Crippen LogP contribution in [0.3, 0.4) is 0 Å². The van der Waals surface area contributed by atoms with Gasteiger partial charge in [0.05, 0.1) is 12.5 Å². The van der Waals surface area contributed by atoms with Crippen molar-refractivity contribution in [2.45, 2.75) is 37.6 Å². The van der Waals surface area contributed by atoms with Crippen LogP contribution >= 0.6 is 0 Å². The molecule has 1 aromatic rings. The minimum absolute atomic E-state index is 0.107. The van der Waals surface area contributed by atoms with Gasteiger partial charge in [-0.2, -0.15) is 5.26 Å². The molecule has 0 radical (unpaired) electrons. The molecule has 0 atom stereocenters. The standard InChI is InChI=1S/C14H16N2O2/c15-10-14(7-3-4-8-14)16-13(18)9-11-5-1-2-6-12(11)17/h1-2,5-6,17H,3-4,7-9H2,(H,16,18). The first-order valence-electron chi connectivity index (χ1n) is 6.14. The lowest BCUT2D eigenvalue weighted by molar-refractivity contribution is -0.121. The summed E-state index contributed by atoms with van der Waals surface area (Å²) < 4.78 is 0. The Morgan fingerprint density at radius 2 is 2.06 bits per heavy atom. The second kappa shape index (κ2) is 5.09. The zero-order valence-electron chi connectivity index (χ0n) is 10.1. The predicted molar refractivity (Wildman–Crippen MR) is 66.8 cm³/mol. The van der Waals surface area contributed by atoms with Crippen molar-refractivity contribution in [3.8, 4) is 11.8 Å². The molecular weight excluding hydrogens is 228 g/mol. The van der Waals surface area contributed by atoms with Gasteiger partial charge in [0.1, 0.15) is 11.3 Å². The van der Waals surface area contributed by atoms with Gasteiger partial charge < -0.3 is 10.4 Å². The summed E-state index contributed by atoms with van der Waals surface area (Å²) >= 11 is 0. The van der Waals surface area contributed by atoms with Crippen LogP contribution in [0.5, 0.6) is 5.75 Å². The van der Waals surface area contributed by atoms with Gasteiger partial charge in [0.25, 0.3) is 0 Å². The van der Waals surface area contributed by atoms with Crippen molar-refractivity contribution in [1.82, 2.24) is 5.32 Å². The average molecular weight is 244 g/mol. The lowest BCUT2D eigenvalue weighted by Crippen LogP contribution is -2.45. The Hall–Kier alpha value is -2.02. The summed E-state index contributed by atoms with van der Waals surface area (Å²) in [7, 11) is 0. The smallest absolute Gasteiger partial charge is 0.225 e. The van der Waals surface area contributed by atoms with Gasteiger partial charge in [-0.25, -0.2) is 0 Å². The van der Waals surface area contributed by atoms with Crippen molar-refractivity contribution in [3.05, 3.63) is 29.8 Å². The molecule has 1 amide bonds. The average Bonchev–Trinajstić information content (AvgIpc) is 2.81. The highest BCUT2D eigenvalue weighted by atomic mass is 16.3. The van der Waals surface area contributed by atoms with Crippen LogP contribution in [0, 0.1) is 11.3 Å². The van der Waals surface area contributed by atoms with Crippen LogP contribution in [0.15, 0.2) is 24.3 Å².